The minimum absolute atomic E-state index is 0.134. The fourth-order valence-corrected chi connectivity index (χ4v) is 4.94. The number of ether oxygens (including phenoxy) is 1. The van der Waals surface area contributed by atoms with Crippen LogP contribution in [0.4, 0.5) is 0 Å². The van der Waals surface area contributed by atoms with E-state index >= 15 is 0 Å². The van der Waals surface area contributed by atoms with Gasteiger partial charge in [0, 0.05) is 24.7 Å². The number of hydrogen-bond acceptors (Lipinski definition) is 4. The molecule has 1 saturated heterocycles. The maximum Gasteiger partial charge on any atom is 0.125 e. The van der Waals surface area contributed by atoms with Gasteiger partial charge in [-0.25, -0.2) is 0 Å². The lowest BCUT2D eigenvalue weighted by Crippen LogP contribution is -2.42. The molecule has 1 aromatic heterocycles. The van der Waals surface area contributed by atoms with Crippen LogP contribution >= 0.6 is 22.9 Å². The van der Waals surface area contributed by atoms with Gasteiger partial charge in [-0.15, -0.1) is 0 Å². The van der Waals surface area contributed by atoms with Crippen LogP contribution in [0.25, 0.3) is 0 Å². The number of fused-ring (bicyclic) bond motifs is 1. The van der Waals surface area contributed by atoms with E-state index < -0.39 is 6.10 Å². The molecule has 2 heterocycles. The summed E-state index contributed by atoms with van der Waals surface area (Å²) in [6.45, 7) is 3.20. The minimum atomic E-state index is -0.397. The Morgan fingerprint density at radius 1 is 1.21 bits per heavy atom. The van der Waals surface area contributed by atoms with Gasteiger partial charge in [0.1, 0.15) is 11.9 Å². The van der Waals surface area contributed by atoms with Gasteiger partial charge >= 0.3 is 0 Å². The number of halogens is 1. The van der Waals surface area contributed by atoms with Gasteiger partial charge in [0.25, 0.3) is 0 Å². The average Bonchev–Trinajstić information content (AvgIpc) is 3.17. The zero-order chi connectivity index (χ0) is 16.5. The van der Waals surface area contributed by atoms with E-state index in [2.05, 4.69) is 21.7 Å². The Balaban J connectivity index is 1.38. The molecule has 0 spiro atoms. The molecule has 4 rings (SSSR count). The van der Waals surface area contributed by atoms with Crippen molar-refractivity contribution in [1.82, 2.24) is 4.90 Å². The Hall–Kier alpha value is -1.07. The highest BCUT2D eigenvalue weighted by atomic mass is 35.5. The van der Waals surface area contributed by atoms with Crippen LogP contribution in [0.5, 0.6) is 5.75 Å². The first-order valence-corrected chi connectivity index (χ1v) is 9.83. The molecule has 4 atom stereocenters. The van der Waals surface area contributed by atoms with Gasteiger partial charge in [-0.1, -0.05) is 17.7 Å². The lowest BCUT2D eigenvalue weighted by Gasteiger charge is -2.35. The normalized spacial score (nSPS) is 30.2. The predicted molar refractivity (Wildman–Crippen MR) is 97.7 cm³/mol. The van der Waals surface area contributed by atoms with Crippen molar-refractivity contribution in [2.45, 2.75) is 31.6 Å². The third kappa shape index (κ3) is 3.62. The van der Waals surface area contributed by atoms with Gasteiger partial charge < -0.3 is 9.84 Å². The highest BCUT2D eigenvalue weighted by molar-refractivity contribution is 7.07. The monoisotopic (exact) mass is 363 g/mol. The molecular formula is C19H22ClNO2S. The first-order valence-electron chi connectivity index (χ1n) is 8.51. The maximum absolute atomic E-state index is 10.5. The summed E-state index contributed by atoms with van der Waals surface area (Å²) in [5.74, 6) is 1.94. The fraction of sp³-hybridized carbons (Fsp3) is 0.474. The van der Waals surface area contributed by atoms with Gasteiger partial charge in [-0.05, 0) is 65.3 Å². The number of aliphatic hydroxyl groups excluding tert-OH is 1. The summed E-state index contributed by atoms with van der Waals surface area (Å²) >= 11 is 7.78. The molecule has 3 nitrogen and oxygen atoms in total. The lowest BCUT2D eigenvalue weighted by atomic mass is 9.78. The van der Waals surface area contributed by atoms with Crippen LogP contribution in [-0.2, 0) is 6.54 Å². The molecule has 2 aromatic rings. The van der Waals surface area contributed by atoms with Crippen molar-refractivity contribution < 1.29 is 9.84 Å². The van der Waals surface area contributed by atoms with Gasteiger partial charge in [0.15, 0.2) is 0 Å². The molecule has 5 heteroatoms. The van der Waals surface area contributed by atoms with E-state index in [1.54, 1.807) is 11.3 Å². The largest absolute Gasteiger partial charge is 0.488 e. The molecular weight excluding hydrogens is 342 g/mol. The quantitative estimate of drug-likeness (QED) is 0.889. The molecule has 1 N–H and O–H groups in total. The second kappa shape index (κ2) is 7.04. The summed E-state index contributed by atoms with van der Waals surface area (Å²) in [7, 11) is 0. The number of thiophene rings is 1. The zero-order valence-electron chi connectivity index (χ0n) is 13.5. The van der Waals surface area contributed by atoms with Crippen LogP contribution in [0.3, 0.4) is 0 Å². The Kier molecular flexibility index (Phi) is 4.81. The van der Waals surface area contributed by atoms with Crippen molar-refractivity contribution >= 4 is 22.9 Å². The van der Waals surface area contributed by atoms with Crippen LogP contribution < -0.4 is 4.74 Å². The summed E-state index contributed by atoms with van der Waals surface area (Å²) in [6.07, 6.45) is 1.21. The number of aliphatic hydroxyl groups is 1. The molecule has 128 valence electrons. The smallest absolute Gasteiger partial charge is 0.125 e. The molecule has 1 aromatic carbocycles. The van der Waals surface area contributed by atoms with Gasteiger partial charge in [-0.2, -0.15) is 11.3 Å². The van der Waals surface area contributed by atoms with Crippen LogP contribution in [-0.4, -0.2) is 35.3 Å². The van der Waals surface area contributed by atoms with Crippen LogP contribution in [0.2, 0.25) is 5.02 Å². The van der Waals surface area contributed by atoms with Gasteiger partial charge in [0.05, 0.1) is 6.10 Å². The highest BCUT2D eigenvalue weighted by Crippen LogP contribution is 2.38. The number of nitrogens with zero attached hydrogens (tertiary/aromatic N) is 1. The van der Waals surface area contributed by atoms with E-state index in [1.807, 2.05) is 24.3 Å². The van der Waals surface area contributed by atoms with E-state index in [4.69, 9.17) is 16.3 Å². The number of rotatable bonds is 4. The molecule has 1 aliphatic heterocycles. The number of benzene rings is 1. The average molecular weight is 364 g/mol. The first-order chi connectivity index (χ1) is 11.7. The van der Waals surface area contributed by atoms with Crippen molar-refractivity contribution in [1.29, 1.82) is 0 Å². The maximum atomic E-state index is 10.5. The van der Waals surface area contributed by atoms with E-state index in [9.17, 15) is 5.11 Å². The van der Waals surface area contributed by atoms with Crippen LogP contribution in [0.15, 0.2) is 41.1 Å². The third-order valence-corrected chi connectivity index (χ3v) is 6.20. The van der Waals surface area contributed by atoms with E-state index in [-0.39, 0.29) is 6.10 Å². The molecule has 0 radical (unpaired) electrons. The Morgan fingerprint density at radius 3 is 2.79 bits per heavy atom. The standard InChI is InChI=1S/C19H22ClNO2S/c20-16-2-1-3-17(8-16)23-19-7-15-11-21(9-13-4-5-24-12-13)10-14(15)6-18(19)22/h1-5,8,12,14-15,18-19,22H,6-7,9-11H2/t14-,15+,18+,19+/m0/s1. The first kappa shape index (κ1) is 16.4. The van der Waals surface area contributed by atoms with Crippen molar-refractivity contribution in [2.24, 2.45) is 11.8 Å². The minimum Gasteiger partial charge on any atom is -0.488 e. The second-order valence-electron chi connectivity index (χ2n) is 7.00. The van der Waals surface area contributed by atoms with Crippen LogP contribution in [0.1, 0.15) is 18.4 Å². The van der Waals surface area contributed by atoms with Crippen molar-refractivity contribution in [2.75, 3.05) is 13.1 Å². The summed E-state index contributed by atoms with van der Waals surface area (Å²) in [5, 5.41) is 15.5. The van der Waals surface area contributed by atoms with Crippen molar-refractivity contribution in [3.63, 3.8) is 0 Å². The predicted octanol–water partition coefficient (Wildman–Crippen LogP) is 4.05. The summed E-state index contributed by atoms with van der Waals surface area (Å²) in [5.41, 5.74) is 1.39. The van der Waals surface area contributed by atoms with E-state index in [0.29, 0.717) is 16.9 Å². The molecule has 0 amide bonds. The van der Waals surface area contributed by atoms with Crippen molar-refractivity contribution in [3.05, 3.63) is 51.7 Å². The molecule has 0 unspecified atom stereocenters. The third-order valence-electron chi connectivity index (χ3n) is 5.23. The van der Waals surface area contributed by atoms with Crippen LogP contribution in [0, 0.1) is 11.8 Å². The Labute approximate surface area is 151 Å². The topological polar surface area (TPSA) is 32.7 Å². The Morgan fingerprint density at radius 2 is 2.04 bits per heavy atom. The second-order valence-corrected chi connectivity index (χ2v) is 8.21. The Bertz CT molecular complexity index is 678. The summed E-state index contributed by atoms with van der Waals surface area (Å²) in [6, 6.07) is 9.64. The SMILES string of the molecule is O[C@@H]1C[C@H]2CN(Cc3ccsc3)C[C@H]2C[C@H]1Oc1cccc(Cl)c1. The van der Waals surface area contributed by atoms with Crippen molar-refractivity contribution in [3.8, 4) is 5.75 Å². The number of likely N-dealkylation sites (tertiary alicyclic amines) is 1. The molecule has 24 heavy (non-hydrogen) atoms. The fourth-order valence-electron chi connectivity index (χ4n) is 4.10. The zero-order valence-corrected chi connectivity index (χ0v) is 15.0. The highest BCUT2D eigenvalue weighted by Gasteiger charge is 2.42. The van der Waals surface area contributed by atoms with Gasteiger partial charge in [0.2, 0.25) is 0 Å². The number of hydrogen-bond donors (Lipinski definition) is 1. The van der Waals surface area contributed by atoms with Gasteiger partial charge in [-0.3, -0.25) is 4.90 Å². The van der Waals surface area contributed by atoms with E-state index in [0.717, 1.165) is 38.2 Å². The summed E-state index contributed by atoms with van der Waals surface area (Å²) < 4.78 is 6.05. The molecule has 2 aliphatic rings. The molecule has 1 aliphatic carbocycles. The van der Waals surface area contributed by atoms with E-state index in [1.165, 1.54) is 5.56 Å². The summed E-state index contributed by atoms with van der Waals surface area (Å²) in [4.78, 5) is 2.52. The molecule has 2 fully saturated rings. The lowest BCUT2D eigenvalue weighted by molar-refractivity contribution is -0.0231. The molecule has 1 saturated carbocycles. The molecule has 0 bridgehead atoms.